The summed E-state index contributed by atoms with van der Waals surface area (Å²) < 4.78 is 2.26. The lowest BCUT2D eigenvalue weighted by atomic mass is 10.1. The monoisotopic (exact) mass is 236 g/mol. The summed E-state index contributed by atoms with van der Waals surface area (Å²) in [6.45, 7) is 6.29. The molecule has 0 saturated carbocycles. The van der Waals surface area contributed by atoms with E-state index >= 15 is 0 Å². The first-order valence-electron chi connectivity index (χ1n) is 6.18. The van der Waals surface area contributed by atoms with Crippen LogP contribution in [0.3, 0.4) is 0 Å². The van der Waals surface area contributed by atoms with E-state index in [0.717, 1.165) is 16.9 Å². The van der Waals surface area contributed by atoms with Crippen molar-refractivity contribution >= 4 is 10.9 Å². The van der Waals surface area contributed by atoms with E-state index < -0.39 is 0 Å². The van der Waals surface area contributed by atoms with Crippen molar-refractivity contribution in [3.8, 4) is 5.69 Å². The van der Waals surface area contributed by atoms with Crippen LogP contribution in [0.4, 0.5) is 0 Å². The molecule has 90 valence electrons. The summed E-state index contributed by atoms with van der Waals surface area (Å²) in [6.07, 6.45) is 0. The first-order chi connectivity index (χ1) is 8.66. The lowest BCUT2D eigenvalue weighted by Crippen LogP contribution is -2.00. The van der Waals surface area contributed by atoms with E-state index in [4.69, 9.17) is 4.98 Å². The highest BCUT2D eigenvalue weighted by Crippen LogP contribution is 2.24. The Balaban J connectivity index is 2.39. The molecule has 0 spiro atoms. The van der Waals surface area contributed by atoms with E-state index in [2.05, 4.69) is 60.9 Å². The number of fused-ring (bicyclic) bond motifs is 1. The van der Waals surface area contributed by atoms with Crippen LogP contribution in [-0.4, -0.2) is 9.55 Å². The normalized spacial score (nSPS) is 11.1. The Bertz CT molecular complexity index is 704. The van der Waals surface area contributed by atoms with Gasteiger partial charge in [0.25, 0.3) is 0 Å². The standard InChI is InChI=1S/C16H16N2/c1-11-7-10-14-5-4-6-15(16(14)17-11)18-12(2)8-9-13(18)3/h4-10H,1-3H3. The number of nitrogens with zero attached hydrogens (tertiary/aromatic N) is 2. The lowest BCUT2D eigenvalue weighted by Gasteiger charge is -2.12. The van der Waals surface area contributed by atoms with Crippen molar-refractivity contribution in [1.82, 2.24) is 9.55 Å². The van der Waals surface area contributed by atoms with Gasteiger partial charge in [-0.1, -0.05) is 18.2 Å². The molecule has 18 heavy (non-hydrogen) atoms. The van der Waals surface area contributed by atoms with Crippen LogP contribution in [-0.2, 0) is 0 Å². The topological polar surface area (TPSA) is 17.8 Å². The van der Waals surface area contributed by atoms with E-state index in [-0.39, 0.29) is 0 Å². The summed E-state index contributed by atoms with van der Waals surface area (Å²) in [6, 6.07) is 14.8. The minimum atomic E-state index is 1.05. The van der Waals surface area contributed by atoms with E-state index in [1.54, 1.807) is 0 Å². The molecule has 3 aromatic rings. The third-order valence-corrected chi connectivity index (χ3v) is 3.35. The summed E-state index contributed by atoms with van der Waals surface area (Å²) in [4.78, 5) is 4.69. The van der Waals surface area contributed by atoms with Crippen molar-refractivity contribution in [1.29, 1.82) is 0 Å². The highest BCUT2D eigenvalue weighted by atomic mass is 15.0. The molecule has 0 aliphatic carbocycles. The number of hydrogen-bond acceptors (Lipinski definition) is 1. The van der Waals surface area contributed by atoms with Gasteiger partial charge in [0.15, 0.2) is 0 Å². The van der Waals surface area contributed by atoms with Gasteiger partial charge in [-0.3, -0.25) is 4.98 Å². The highest BCUT2D eigenvalue weighted by Gasteiger charge is 2.08. The van der Waals surface area contributed by atoms with Gasteiger partial charge in [-0.05, 0) is 45.0 Å². The minimum absolute atomic E-state index is 1.05. The molecule has 0 bridgehead atoms. The number of aromatic nitrogens is 2. The van der Waals surface area contributed by atoms with Gasteiger partial charge in [0, 0.05) is 22.5 Å². The molecular formula is C16H16N2. The van der Waals surface area contributed by atoms with Crippen LogP contribution in [0.1, 0.15) is 17.1 Å². The second kappa shape index (κ2) is 3.98. The molecule has 0 unspecified atom stereocenters. The van der Waals surface area contributed by atoms with Crippen LogP contribution in [0.2, 0.25) is 0 Å². The van der Waals surface area contributed by atoms with E-state index in [1.165, 1.54) is 16.8 Å². The largest absolute Gasteiger partial charge is 0.316 e. The first kappa shape index (κ1) is 11.0. The molecule has 0 saturated heterocycles. The third-order valence-electron chi connectivity index (χ3n) is 3.35. The number of rotatable bonds is 1. The molecule has 3 rings (SSSR count). The van der Waals surface area contributed by atoms with Gasteiger partial charge < -0.3 is 4.57 Å². The van der Waals surface area contributed by atoms with Gasteiger partial charge in [-0.2, -0.15) is 0 Å². The van der Waals surface area contributed by atoms with Crippen LogP contribution in [0, 0.1) is 20.8 Å². The SMILES string of the molecule is Cc1ccc2cccc(-n3c(C)ccc3C)c2n1. The van der Waals surface area contributed by atoms with Crippen LogP contribution >= 0.6 is 0 Å². The Morgan fingerprint density at radius 3 is 2.28 bits per heavy atom. The average molecular weight is 236 g/mol. The third kappa shape index (κ3) is 1.61. The summed E-state index contributed by atoms with van der Waals surface area (Å²) in [5.74, 6) is 0. The Morgan fingerprint density at radius 1 is 0.833 bits per heavy atom. The maximum Gasteiger partial charge on any atom is 0.0945 e. The predicted octanol–water partition coefficient (Wildman–Crippen LogP) is 3.95. The van der Waals surface area contributed by atoms with Gasteiger partial charge in [0.2, 0.25) is 0 Å². The maximum absolute atomic E-state index is 4.69. The Labute approximate surface area is 107 Å². The second-order valence-corrected chi connectivity index (χ2v) is 4.75. The van der Waals surface area contributed by atoms with Gasteiger partial charge in [0.05, 0.1) is 11.2 Å². The fourth-order valence-corrected chi connectivity index (χ4v) is 2.46. The number of para-hydroxylation sites is 1. The molecule has 0 aliphatic rings. The minimum Gasteiger partial charge on any atom is -0.316 e. The Morgan fingerprint density at radius 2 is 1.56 bits per heavy atom. The van der Waals surface area contributed by atoms with Gasteiger partial charge in [-0.25, -0.2) is 0 Å². The van der Waals surface area contributed by atoms with E-state index in [1.807, 2.05) is 6.92 Å². The molecular weight excluding hydrogens is 220 g/mol. The Kier molecular flexibility index (Phi) is 2.44. The molecule has 0 radical (unpaired) electrons. The zero-order valence-electron chi connectivity index (χ0n) is 10.9. The predicted molar refractivity (Wildman–Crippen MR) is 75.3 cm³/mol. The fourth-order valence-electron chi connectivity index (χ4n) is 2.46. The molecule has 0 fully saturated rings. The van der Waals surface area contributed by atoms with Gasteiger partial charge in [0.1, 0.15) is 0 Å². The molecule has 2 heterocycles. The van der Waals surface area contributed by atoms with Gasteiger partial charge >= 0.3 is 0 Å². The molecule has 2 heteroatoms. The van der Waals surface area contributed by atoms with Crippen molar-refractivity contribution in [3.05, 3.63) is 59.5 Å². The molecule has 2 nitrogen and oxygen atoms in total. The quantitative estimate of drug-likeness (QED) is 0.625. The Hall–Kier alpha value is -2.09. The smallest absolute Gasteiger partial charge is 0.0945 e. The molecule has 2 aromatic heterocycles. The second-order valence-electron chi connectivity index (χ2n) is 4.75. The zero-order valence-corrected chi connectivity index (χ0v) is 10.9. The molecule has 0 aliphatic heterocycles. The van der Waals surface area contributed by atoms with Crippen LogP contribution in [0.25, 0.3) is 16.6 Å². The molecule has 0 atom stereocenters. The van der Waals surface area contributed by atoms with Gasteiger partial charge in [-0.15, -0.1) is 0 Å². The fraction of sp³-hybridized carbons (Fsp3) is 0.188. The summed E-state index contributed by atoms with van der Waals surface area (Å²) in [5.41, 5.74) is 5.76. The number of pyridine rings is 1. The van der Waals surface area contributed by atoms with Crippen LogP contribution in [0.5, 0.6) is 0 Å². The molecule has 0 N–H and O–H groups in total. The summed E-state index contributed by atoms with van der Waals surface area (Å²) in [5, 5.41) is 1.19. The number of hydrogen-bond donors (Lipinski definition) is 0. The number of aryl methyl sites for hydroxylation is 3. The van der Waals surface area contributed by atoms with Crippen LogP contribution in [0.15, 0.2) is 42.5 Å². The lowest BCUT2D eigenvalue weighted by molar-refractivity contribution is 0.969. The van der Waals surface area contributed by atoms with E-state index in [9.17, 15) is 0 Å². The van der Waals surface area contributed by atoms with Crippen molar-refractivity contribution in [2.75, 3.05) is 0 Å². The van der Waals surface area contributed by atoms with Crippen molar-refractivity contribution in [2.45, 2.75) is 20.8 Å². The summed E-state index contributed by atoms with van der Waals surface area (Å²) in [7, 11) is 0. The number of benzene rings is 1. The molecule has 1 aromatic carbocycles. The highest BCUT2D eigenvalue weighted by molar-refractivity contribution is 5.86. The first-order valence-corrected chi connectivity index (χ1v) is 6.18. The molecule has 0 amide bonds. The summed E-state index contributed by atoms with van der Waals surface area (Å²) >= 11 is 0. The maximum atomic E-state index is 4.69. The average Bonchev–Trinajstić information content (AvgIpc) is 2.68. The van der Waals surface area contributed by atoms with E-state index in [0.29, 0.717) is 0 Å². The van der Waals surface area contributed by atoms with Crippen molar-refractivity contribution in [2.24, 2.45) is 0 Å². The van der Waals surface area contributed by atoms with Crippen molar-refractivity contribution < 1.29 is 0 Å². The van der Waals surface area contributed by atoms with Crippen molar-refractivity contribution in [3.63, 3.8) is 0 Å². The zero-order chi connectivity index (χ0) is 12.7. The van der Waals surface area contributed by atoms with Crippen LogP contribution < -0.4 is 0 Å².